The third-order valence-electron chi connectivity index (χ3n) is 5.72. The molecule has 0 saturated carbocycles. The third-order valence-corrected chi connectivity index (χ3v) is 5.72. The molecule has 0 spiro atoms. The number of hydrogen-bond donors (Lipinski definition) is 1. The Kier molecular flexibility index (Phi) is 6.45. The Balaban J connectivity index is 1.47. The van der Waals surface area contributed by atoms with Gasteiger partial charge in [-0.05, 0) is 45.4 Å². The number of nitrogens with one attached hydrogen (secondary N) is 1. The number of aromatic nitrogens is 2. The van der Waals surface area contributed by atoms with E-state index in [2.05, 4.69) is 15.3 Å². The lowest BCUT2D eigenvalue weighted by molar-refractivity contribution is -0.0934. The molecule has 2 aliphatic rings. The van der Waals surface area contributed by atoms with Crippen LogP contribution in [0.4, 0.5) is 20.7 Å². The number of nitrogens with zero attached hydrogens (tertiary/aromatic N) is 3. The minimum absolute atomic E-state index is 0.111. The number of carbonyl (C=O) groups excluding carboxylic acids is 1. The van der Waals surface area contributed by atoms with Crippen LogP contribution in [0, 0.1) is 19.7 Å². The van der Waals surface area contributed by atoms with E-state index in [1.165, 1.54) is 12.4 Å². The number of benzene rings is 1. The first-order chi connectivity index (χ1) is 15.3. The average Bonchev–Trinajstić information content (AvgIpc) is 2.71. The Bertz CT molecular complexity index is 972. The molecule has 2 bridgehead atoms. The molecule has 0 aliphatic carbocycles. The second-order valence-corrected chi connectivity index (χ2v) is 8.66. The van der Waals surface area contributed by atoms with E-state index >= 15 is 0 Å². The topological polar surface area (TPSA) is 85.8 Å². The molecule has 32 heavy (non-hydrogen) atoms. The summed E-state index contributed by atoms with van der Waals surface area (Å²) < 4.78 is 31.6. The van der Waals surface area contributed by atoms with Gasteiger partial charge in [-0.15, -0.1) is 0 Å². The Morgan fingerprint density at radius 3 is 2.59 bits per heavy atom. The molecule has 2 saturated heterocycles. The summed E-state index contributed by atoms with van der Waals surface area (Å²) in [5.74, 6) is 0.579. The standard InChI is InChI=1S/C23H29FN4O4/c1-13(2)31-23(29)28-16-8-18(9-17(28)11-30-10-16)32-22-15(4)21(25-12-26-22)27-20-6-5-14(3)7-19(20)24/h5-7,12-13,16-18H,8-11H2,1-4H3,(H,25,26,27). The van der Waals surface area contributed by atoms with Gasteiger partial charge in [0.2, 0.25) is 5.88 Å². The largest absolute Gasteiger partial charge is 0.474 e. The molecule has 9 heteroatoms. The molecular weight excluding hydrogens is 415 g/mol. The average molecular weight is 445 g/mol. The highest BCUT2D eigenvalue weighted by atomic mass is 19.1. The molecule has 2 atom stereocenters. The number of carbonyl (C=O) groups is 1. The molecule has 3 heterocycles. The summed E-state index contributed by atoms with van der Waals surface area (Å²) in [5.41, 5.74) is 1.87. The van der Waals surface area contributed by atoms with Crippen LogP contribution in [0.5, 0.6) is 5.88 Å². The fourth-order valence-electron chi connectivity index (χ4n) is 4.21. The van der Waals surface area contributed by atoms with Gasteiger partial charge < -0.3 is 19.5 Å². The quantitative estimate of drug-likeness (QED) is 0.742. The highest BCUT2D eigenvalue weighted by molar-refractivity contribution is 5.69. The van der Waals surface area contributed by atoms with E-state index in [4.69, 9.17) is 14.2 Å². The molecule has 2 aromatic rings. The van der Waals surface area contributed by atoms with Crippen molar-refractivity contribution >= 4 is 17.6 Å². The van der Waals surface area contributed by atoms with E-state index in [1.54, 1.807) is 11.0 Å². The normalized spacial score (nSPS) is 22.6. The number of ether oxygens (including phenoxy) is 3. The molecular formula is C23H29FN4O4. The lowest BCUT2D eigenvalue weighted by Gasteiger charge is -2.47. The van der Waals surface area contributed by atoms with Crippen LogP contribution in [-0.2, 0) is 9.47 Å². The van der Waals surface area contributed by atoms with Crippen LogP contribution in [0.3, 0.4) is 0 Å². The van der Waals surface area contributed by atoms with Crippen molar-refractivity contribution in [2.45, 2.75) is 64.8 Å². The van der Waals surface area contributed by atoms with E-state index in [0.717, 1.165) is 5.56 Å². The van der Waals surface area contributed by atoms with Gasteiger partial charge in [-0.3, -0.25) is 4.90 Å². The summed E-state index contributed by atoms with van der Waals surface area (Å²) in [6.45, 7) is 8.25. The van der Waals surface area contributed by atoms with Crippen molar-refractivity contribution in [1.29, 1.82) is 0 Å². The zero-order valence-electron chi connectivity index (χ0n) is 18.8. The Morgan fingerprint density at radius 2 is 1.94 bits per heavy atom. The number of hydrogen-bond acceptors (Lipinski definition) is 7. The first-order valence-electron chi connectivity index (χ1n) is 10.9. The molecule has 1 amide bonds. The number of fused-ring (bicyclic) bond motifs is 2. The van der Waals surface area contributed by atoms with Crippen LogP contribution < -0.4 is 10.1 Å². The lowest BCUT2D eigenvalue weighted by atomic mass is 9.92. The maximum Gasteiger partial charge on any atom is 0.410 e. The molecule has 172 valence electrons. The number of aryl methyl sites for hydroxylation is 1. The Labute approximate surface area is 187 Å². The monoisotopic (exact) mass is 444 g/mol. The van der Waals surface area contributed by atoms with Gasteiger partial charge in [-0.1, -0.05) is 6.07 Å². The molecule has 2 fully saturated rings. The second-order valence-electron chi connectivity index (χ2n) is 8.66. The highest BCUT2D eigenvalue weighted by Crippen LogP contribution is 2.33. The van der Waals surface area contributed by atoms with Gasteiger partial charge in [0, 0.05) is 12.8 Å². The molecule has 2 aliphatic heterocycles. The number of piperidine rings is 1. The molecule has 1 N–H and O–H groups in total. The molecule has 0 radical (unpaired) electrons. The summed E-state index contributed by atoms with van der Waals surface area (Å²) in [6.07, 6.45) is 2.02. The number of rotatable bonds is 5. The van der Waals surface area contributed by atoms with Crippen LogP contribution in [0.25, 0.3) is 0 Å². The van der Waals surface area contributed by atoms with E-state index < -0.39 is 0 Å². The fraction of sp³-hybridized carbons (Fsp3) is 0.522. The van der Waals surface area contributed by atoms with Crippen molar-refractivity contribution in [3.05, 3.63) is 41.5 Å². The Hall–Kier alpha value is -2.94. The van der Waals surface area contributed by atoms with Crippen molar-refractivity contribution in [1.82, 2.24) is 14.9 Å². The van der Waals surface area contributed by atoms with E-state index in [-0.39, 0.29) is 36.2 Å². The number of amides is 1. The van der Waals surface area contributed by atoms with Crippen molar-refractivity contribution in [2.75, 3.05) is 18.5 Å². The van der Waals surface area contributed by atoms with Crippen LogP contribution >= 0.6 is 0 Å². The predicted molar refractivity (Wildman–Crippen MR) is 117 cm³/mol. The van der Waals surface area contributed by atoms with Crippen molar-refractivity contribution < 1.29 is 23.4 Å². The van der Waals surface area contributed by atoms with Crippen molar-refractivity contribution in [3.63, 3.8) is 0 Å². The zero-order chi connectivity index (χ0) is 22.8. The van der Waals surface area contributed by atoms with E-state index in [0.29, 0.717) is 49.0 Å². The first-order valence-corrected chi connectivity index (χ1v) is 10.9. The smallest absolute Gasteiger partial charge is 0.410 e. The number of morpholine rings is 1. The molecule has 8 nitrogen and oxygen atoms in total. The van der Waals surface area contributed by atoms with Crippen LogP contribution in [0.15, 0.2) is 24.5 Å². The number of halogens is 1. The van der Waals surface area contributed by atoms with Crippen LogP contribution in [0.2, 0.25) is 0 Å². The molecule has 2 unspecified atom stereocenters. The minimum Gasteiger partial charge on any atom is -0.474 e. The van der Waals surface area contributed by atoms with Gasteiger partial charge in [-0.25, -0.2) is 19.2 Å². The number of anilines is 2. The van der Waals surface area contributed by atoms with Gasteiger partial charge in [0.15, 0.2) is 0 Å². The van der Waals surface area contributed by atoms with E-state index in [1.807, 2.05) is 33.8 Å². The van der Waals surface area contributed by atoms with Gasteiger partial charge in [0.25, 0.3) is 0 Å². The van der Waals surface area contributed by atoms with Gasteiger partial charge in [0.05, 0.1) is 42.7 Å². The summed E-state index contributed by atoms with van der Waals surface area (Å²) in [6, 6.07) is 4.76. The summed E-state index contributed by atoms with van der Waals surface area (Å²) in [4.78, 5) is 22.9. The summed E-state index contributed by atoms with van der Waals surface area (Å²) in [5, 5.41) is 3.03. The second kappa shape index (κ2) is 9.28. The lowest BCUT2D eigenvalue weighted by Crippen LogP contribution is -2.61. The summed E-state index contributed by atoms with van der Waals surface area (Å²) >= 11 is 0. The highest BCUT2D eigenvalue weighted by Gasteiger charge is 2.43. The maximum absolute atomic E-state index is 14.3. The van der Waals surface area contributed by atoms with Gasteiger partial charge in [-0.2, -0.15) is 0 Å². The molecule has 1 aromatic carbocycles. The van der Waals surface area contributed by atoms with Crippen LogP contribution in [0.1, 0.15) is 37.8 Å². The first kappa shape index (κ1) is 22.3. The van der Waals surface area contributed by atoms with Crippen LogP contribution in [-0.4, -0.2) is 58.5 Å². The zero-order valence-corrected chi connectivity index (χ0v) is 18.8. The fourth-order valence-corrected chi connectivity index (χ4v) is 4.21. The van der Waals surface area contributed by atoms with E-state index in [9.17, 15) is 9.18 Å². The molecule has 1 aromatic heterocycles. The minimum atomic E-state index is -0.348. The third kappa shape index (κ3) is 4.77. The SMILES string of the molecule is Cc1ccc(Nc2ncnc(OC3CC4COCC(C3)N4C(=O)OC(C)C)c2C)c(F)c1. The summed E-state index contributed by atoms with van der Waals surface area (Å²) in [7, 11) is 0. The van der Waals surface area contributed by atoms with Crippen molar-refractivity contribution in [3.8, 4) is 5.88 Å². The van der Waals surface area contributed by atoms with Gasteiger partial charge >= 0.3 is 6.09 Å². The van der Waals surface area contributed by atoms with Gasteiger partial charge in [0.1, 0.15) is 24.1 Å². The molecule has 4 rings (SSSR count). The van der Waals surface area contributed by atoms with Crippen molar-refractivity contribution in [2.24, 2.45) is 0 Å². The maximum atomic E-state index is 14.3. The predicted octanol–water partition coefficient (Wildman–Crippen LogP) is 4.13. The Morgan fingerprint density at radius 1 is 1.22 bits per heavy atom.